The van der Waals surface area contributed by atoms with Gasteiger partial charge in [-0.1, -0.05) is 30.4 Å². The van der Waals surface area contributed by atoms with Gasteiger partial charge in [0.2, 0.25) is 5.91 Å². The highest BCUT2D eigenvalue weighted by atomic mass is 32.1. The molecule has 1 atom stereocenters. The number of hydrogen-bond donors (Lipinski definition) is 2. The fraction of sp³-hybridized carbons (Fsp3) is 0.385. The van der Waals surface area contributed by atoms with Gasteiger partial charge in [-0.3, -0.25) is 9.69 Å². The first-order valence-corrected chi connectivity index (χ1v) is 6.17. The topological polar surface area (TPSA) is 58.4 Å². The van der Waals surface area contributed by atoms with E-state index >= 15 is 0 Å². The zero-order valence-electron chi connectivity index (χ0n) is 10.9. The minimum atomic E-state index is -0.0948. The molecule has 98 valence electrons. The van der Waals surface area contributed by atoms with Crippen molar-refractivity contribution in [1.29, 1.82) is 0 Å². The second-order valence-electron chi connectivity index (χ2n) is 4.36. The number of thiocarbonyl (C=S) groups is 1. The molecule has 0 aliphatic heterocycles. The molecule has 0 aromatic heterocycles. The Labute approximate surface area is 113 Å². The van der Waals surface area contributed by atoms with Crippen LogP contribution in [0, 0.1) is 6.92 Å². The monoisotopic (exact) mass is 265 g/mol. The number of amides is 1. The van der Waals surface area contributed by atoms with Crippen LogP contribution in [0.3, 0.4) is 0 Å². The van der Waals surface area contributed by atoms with Crippen LogP contribution < -0.4 is 11.1 Å². The summed E-state index contributed by atoms with van der Waals surface area (Å²) in [4.78, 5) is 14.1. The Morgan fingerprint density at radius 1 is 1.50 bits per heavy atom. The van der Waals surface area contributed by atoms with Crippen LogP contribution in [-0.2, 0) is 4.79 Å². The minimum absolute atomic E-state index is 0.0742. The number of hydrogen-bond acceptors (Lipinski definition) is 3. The zero-order chi connectivity index (χ0) is 13.7. The van der Waals surface area contributed by atoms with Gasteiger partial charge in [-0.2, -0.15) is 0 Å². The van der Waals surface area contributed by atoms with E-state index < -0.39 is 0 Å². The maximum atomic E-state index is 11.9. The molecule has 0 heterocycles. The standard InChI is InChI=1S/C13H19N3OS/c1-9-6-4-5-7-11(9)15-12(17)8-16(3)10(2)13(14)18/h4-7,10H,8H2,1-3H3,(H2,14,18)(H,15,17). The molecule has 1 amide bonds. The van der Waals surface area contributed by atoms with Crippen LogP contribution >= 0.6 is 12.2 Å². The number of benzene rings is 1. The molecule has 0 saturated carbocycles. The van der Waals surface area contributed by atoms with Crippen LogP contribution in [0.5, 0.6) is 0 Å². The van der Waals surface area contributed by atoms with Crippen molar-refractivity contribution in [1.82, 2.24) is 4.90 Å². The lowest BCUT2D eigenvalue weighted by Gasteiger charge is -2.23. The number of rotatable bonds is 5. The van der Waals surface area contributed by atoms with E-state index in [0.29, 0.717) is 4.99 Å². The molecule has 5 heteroatoms. The van der Waals surface area contributed by atoms with Gasteiger partial charge < -0.3 is 11.1 Å². The second-order valence-corrected chi connectivity index (χ2v) is 4.83. The van der Waals surface area contributed by atoms with E-state index in [9.17, 15) is 4.79 Å². The van der Waals surface area contributed by atoms with Gasteiger partial charge in [-0.05, 0) is 32.5 Å². The molecular formula is C13H19N3OS. The molecule has 0 saturated heterocycles. The van der Waals surface area contributed by atoms with Gasteiger partial charge in [-0.15, -0.1) is 0 Å². The smallest absolute Gasteiger partial charge is 0.238 e. The van der Waals surface area contributed by atoms with Crippen LogP contribution in [0.1, 0.15) is 12.5 Å². The highest BCUT2D eigenvalue weighted by Crippen LogP contribution is 2.12. The number of carbonyl (C=O) groups excluding carboxylic acids is 1. The summed E-state index contributed by atoms with van der Waals surface area (Å²) >= 11 is 4.90. The Balaban J connectivity index is 2.57. The summed E-state index contributed by atoms with van der Waals surface area (Å²) in [6, 6.07) is 7.57. The summed E-state index contributed by atoms with van der Waals surface area (Å²) in [6.45, 7) is 4.09. The van der Waals surface area contributed by atoms with Crippen LogP contribution in [0.2, 0.25) is 0 Å². The molecule has 4 nitrogen and oxygen atoms in total. The molecule has 0 radical (unpaired) electrons. The first-order chi connectivity index (χ1) is 8.41. The molecule has 0 bridgehead atoms. The lowest BCUT2D eigenvalue weighted by molar-refractivity contribution is -0.117. The highest BCUT2D eigenvalue weighted by molar-refractivity contribution is 7.80. The van der Waals surface area contributed by atoms with Gasteiger partial charge in [0.05, 0.1) is 17.6 Å². The van der Waals surface area contributed by atoms with Crippen molar-refractivity contribution in [2.75, 3.05) is 18.9 Å². The van der Waals surface area contributed by atoms with Gasteiger partial charge in [0.25, 0.3) is 0 Å². The lowest BCUT2D eigenvalue weighted by atomic mass is 10.2. The quantitative estimate of drug-likeness (QED) is 0.793. The molecule has 0 spiro atoms. The van der Waals surface area contributed by atoms with Crippen LogP contribution in [0.15, 0.2) is 24.3 Å². The number of carbonyl (C=O) groups is 1. The van der Waals surface area contributed by atoms with E-state index in [1.54, 1.807) is 0 Å². The molecule has 1 aromatic rings. The first-order valence-electron chi connectivity index (χ1n) is 5.77. The number of anilines is 1. The molecule has 1 unspecified atom stereocenters. The number of aryl methyl sites for hydroxylation is 1. The summed E-state index contributed by atoms with van der Waals surface area (Å²) in [5, 5.41) is 2.87. The third-order valence-corrected chi connectivity index (χ3v) is 3.23. The van der Waals surface area contributed by atoms with Gasteiger partial charge in [0, 0.05) is 5.69 Å². The molecule has 0 aliphatic carbocycles. The first kappa shape index (κ1) is 14.6. The second kappa shape index (κ2) is 6.47. The summed E-state index contributed by atoms with van der Waals surface area (Å²) < 4.78 is 0. The molecule has 1 aromatic carbocycles. The third-order valence-electron chi connectivity index (χ3n) is 2.89. The fourth-order valence-corrected chi connectivity index (χ4v) is 1.66. The average molecular weight is 265 g/mol. The molecule has 1 rings (SSSR count). The SMILES string of the molecule is Cc1ccccc1NC(=O)CN(C)C(C)C(N)=S. The predicted octanol–water partition coefficient (Wildman–Crippen LogP) is 1.54. The van der Waals surface area contributed by atoms with E-state index in [1.807, 2.05) is 50.1 Å². The largest absolute Gasteiger partial charge is 0.392 e. The Hall–Kier alpha value is -1.46. The average Bonchev–Trinajstić information content (AvgIpc) is 2.30. The number of para-hydroxylation sites is 1. The molecule has 0 fully saturated rings. The third kappa shape index (κ3) is 4.09. The van der Waals surface area contributed by atoms with E-state index in [1.165, 1.54) is 0 Å². The van der Waals surface area contributed by atoms with Gasteiger partial charge in [-0.25, -0.2) is 0 Å². The van der Waals surface area contributed by atoms with Crippen LogP contribution in [0.25, 0.3) is 0 Å². The highest BCUT2D eigenvalue weighted by Gasteiger charge is 2.15. The van der Waals surface area contributed by atoms with Crippen LogP contribution in [-0.4, -0.2) is 35.4 Å². The van der Waals surface area contributed by atoms with Gasteiger partial charge in [0.1, 0.15) is 0 Å². The Kier molecular flexibility index (Phi) is 5.25. The summed E-state index contributed by atoms with van der Waals surface area (Å²) in [5.41, 5.74) is 7.42. The van der Waals surface area contributed by atoms with E-state index in [2.05, 4.69) is 5.32 Å². The van der Waals surface area contributed by atoms with Gasteiger partial charge >= 0.3 is 0 Å². The lowest BCUT2D eigenvalue weighted by Crippen LogP contribution is -2.43. The van der Waals surface area contributed by atoms with Crippen molar-refractivity contribution in [3.05, 3.63) is 29.8 Å². The van der Waals surface area contributed by atoms with E-state index in [-0.39, 0.29) is 18.5 Å². The Morgan fingerprint density at radius 3 is 2.67 bits per heavy atom. The Bertz CT molecular complexity index is 448. The Morgan fingerprint density at radius 2 is 2.11 bits per heavy atom. The molecule has 3 N–H and O–H groups in total. The summed E-state index contributed by atoms with van der Waals surface area (Å²) in [6.07, 6.45) is 0. The summed E-state index contributed by atoms with van der Waals surface area (Å²) in [7, 11) is 1.82. The molecule has 0 aliphatic rings. The number of nitrogens with zero attached hydrogens (tertiary/aromatic N) is 1. The normalized spacial score (nSPS) is 12.2. The minimum Gasteiger partial charge on any atom is -0.392 e. The van der Waals surface area contributed by atoms with Crippen molar-refractivity contribution in [3.8, 4) is 0 Å². The van der Waals surface area contributed by atoms with Crippen LogP contribution in [0.4, 0.5) is 5.69 Å². The maximum absolute atomic E-state index is 11.9. The molecule has 18 heavy (non-hydrogen) atoms. The summed E-state index contributed by atoms with van der Waals surface area (Å²) in [5.74, 6) is -0.0742. The maximum Gasteiger partial charge on any atom is 0.238 e. The van der Waals surface area contributed by atoms with Crippen molar-refractivity contribution >= 4 is 28.8 Å². The van der Waals surface area contributed by atoms with Gasteiger partial charge in [0.15, 0.2) is 0 Å². The fourth-order valence-electron chi connectivity index (χ4n) is 1.48. The predicted molar refractivity (Wildman–Crippen MR) is 78.7 cm³/mol. The van der Waals surface area contributed by atoms with E-state index in [4.69, 9.17) is 18.0 Å². The van der Waals surface area contributed by atoms with Crippen molar-refractivity contribution in [3.63, 3.8) is 0 Å². The molecular weight excluding hydrogens is 246 g/mol. The zero-order valence-corrected chi connectivity index (χ0v) is 11.8. The van der Waals surface area contributed by atoms with Crippen molar-refractivity contribution in [2.45, 2.75) is 19.9 Å². The van der Waals surface area contributed by atoms with Crippen molar-refractivity contribution < 1.29 is 4.79 Å². The number of nitrogens with two attached hydrogens (primary N) is 1. The van der Waals surface area contributed by atoms with Crippen molar-refractivity contribution in [2.24, 2.45) is 5.73 Å². The van der Waals surface area contributed by atoms with E-state index in [0.717, 1.165) is 11.3 Å². The number of likely N-dealkylation sites (N-methyl/N-ethyl adjacent to an activating group) is 1. The number of nitrogens with one attached hydrogen (secondary N) is 1.